The highest BCUT2D eigenvalue weighted by molar-refractivity contribution is 5.25. The SMILES string of the molecule is CC(C)CCNCc1ccc(N)o1. The van der Waals surface area contributed by atoms with Crippen LogP contribution in [0.25, 0.3) is 0 Å². The van der Waals surface area contributed by atoms with Crippen molar-refractivity contribution in [1.82, 2.24) is 5.32 Å². The van der Waals surface area contributed by atoms with Crippen molar-refractivity contribution in [2.45, 2.75) is 26.8 Å². The van der Waals surface area contributed by atoms with Gasteiger partial charge in [-0.3, -0.25) is 0 Å². The van der Waals surface area contributed by atoms with Crippen molar-refractivity contribution in [2.24, 2.45) is 5.92 Å². The number of hydrogen-bond donors (Lipinski definition) is 2. The predicted molar refractivity (Wildman–Crippen MR) is 54.3 cm³/mol. The van der Waals surface area contributed by atoms with E-state index in [1.807, 2.05) is 6.07 Å². The normalized spacial score (nSPS) is 11.0. The summed E-state index contributed by atoms with van der Waals surface area (Å²) < 4.78 is 5.21. The fourth-order valence-corrected chi connectivity index (χ4v) is 1.09. The molecule has 0 radical (unpaired) electrons. The van der Waals surface area contributed by atoms with E-state index >= 15 is 0 Å². The van der Waals surface area contributed by atoms with Crippen LogP contribution in [0.1, 0.15) is 26.0 Å². The Bertz CT molecular complexity index is 243. The molecule has 1 aromatic heterocycles. The lowest BCUT2D eigenvalue weighted by Gasteiger charge is -2.04. The van der Waals surface area contributed by atoms with Crippen LogP contribution < -0.4 is 11.1 Å². The van der Waals surface area contributed by atoms with Crippen LogP contribution in [0, 0.1) is 5.92 Å². The van der Waals surface area contributed by atoms with Gasteiger partial charge in [-0.05, 0) is 24.9 Å². The summed E-state index contributed by atoms with van der Waals surface area (Å²) in [5, 5.41) is 3.30. The third kappa shape index (κ3) is 3.99. The summed E-state index contributed by atoms with van der Waals surface area (Å²) >= 11 is 0. The Morgan fingerprint density at radius 2 is 2.23 bits per heavy atom. The van der Waals surface area contributed by atoms with Crippen LogP contribution in [0.15, 0.2) is 16.5 Å². The summed E-state index contributed by atoms with van der Waals surface area (Å²) in [5.41, 5.74) is 5.44. The Labute approximate surface area is 79.3 Å². The number of furan rings is 1. The molecule has 1 rings (SSSR count). The molecule has 0 aliphatic heterocycles. The Kier molecular flexibility index (Phi) is 3.83. The zero-order valence-corrected chi connectivity index (χ0v) is 8.34. The Balaban J connectivity index is 2.13. The Morgan fingerprint density at radius 3 is 2.77 bits per heavy atom. The second kappa shape index (κ2) is 4.92. The smallest absolute Gasteiger partial charge is 0.190 e. The number of anilines is 1. The van der Waals surface area contributed by atoms with Crippen LogP contribution in [-0.2, 0) is 6.54 Å². The van der Waals surface area contributed by atoms with Gasteiger partial charge in [0.1, 0.15) is 5.76 Å². The lowest BCUT2D eigenvalue weighted by atomic mass is 10.1. The molecule has 0 unspecified atom stereocenters. The quantitative estimate of drug-likeness (QED) is 0.685. The average molecular weight is 182 g/mol. The number of nitrogens with one attached hydrogen (secondary N) is 1. The summed E-state index contributed by atoms with van der Waals surface area (Å²) in [7, 11) is 0. The lowest BCUT2D eigenvalue weighted by molar-refractivity contribution is 0.476. The molecular formula is C10H18N2O. The van der Waals surface area contributed by atoms with E-state index in [2.05, 4.69) is 19.2 Å². The van der Waals surface area contributed by atoms with Gasteiger partial charge in [-0.15, -0.1) is 0 Å². The molecule has 0 bridgehead atoms. The molecule has 0 fully saturated rings. The molecule has 1 aromatic rings. The fraction of sp³-hybridized carbons (Fsp3) is 0.600. The molecule has 0 aromatic carbocycles. The van der Waals surface area contributed by atoms with Gasteiger partial charge in [-0.2, -0.15) is 0 Å². The zero-order valence-electron chi connectivity index (χ0n) is 8.34. The number of rotatable bonds is 5. The minimum atomic E-state index is 0.487. The number of hydrogen-bond acceptors (Lipinski definition) is 3. The molecule has 3 nitrogen and oxygen atoms in total. The van der Waals surface area contributed by atoms with Crippen molar-refractivity contribution in [1.29, 1.82) is 0 Å². The highest BCUT2D eigenvalue weighted by Gasteiger charge is 1.98. The Morgan fingerprint density at radius 1 is 1.46 bits per heavy atom. The summed E-state index contributed by atoms with van der Waals surface area (Å²) in [6.07, 6.45) is 1.19. The van der Waals surface area contributed by atoms with Crippen LogP contribution in [0.5, 0.6) is 0 Å². The first kappa shape index (κ1) is 10.1. The molecule has 0 saturated carbocycles. The monoisotopic (exact) mass is 182 g/mol. The molecule has 13 heavy (non-hydrogen) atoms. The van der Waals surface area contributed by atoms with Crippen LogP contribution in [0.4, 0.5) is 5.88 Å². The number of nitrogens with two attached hydrogens (primary N) is 1. The topological polar surface area (TPSA) is 51.2 Å². The van der Waals surface area contributed by atoms with Gasteiger partial charge in [0.25, 0.3) is 0 Å². The summed E-state index contributed by atoms with van der Waals surface area (Å²) in [5.74, 6) is 2.14. The molecule has 1 heterocycles. The van der Waals surface area contributed by atoms with Crippen LogP contribution in [0.3, 0.4) is 0 Å². The molecule has 74 valence electrons. The molecule has 0 atom stereocenters. The van der Waals surface area contributed by atoms with Gasteiger partial charge in [0.05, 0.1) is 6.54 Å². The van der Waals surface area contributed by atoms with Crippen molar-refractivity contribution >= 4 is 5.88 Å². The van der Waals surface area contributed by atoms with Crippen molar-refractivity contribution in [2.75, 3.05) is 12.3 Å². The van der Waals surface area contributed by atoms with Gasteiger partial charge in [-0.1, -0.05) is 13.8 Å². The van der Waals surface area contributed by atoms with Crippen LogP contribution >= 0.6 is 0 Å². The summed E-state index contributed by atoms with van der Waals surface area (Å²) in [6.45, 7) is 6.22. The van der Waals surface area contributed by atoms with E-state index in [0.717, 1.165) is 24.8 Å². The maximum absolute atomic E-state index is 5.44. The van der Waals surface area contributed by atoms with Crippen molar-refractivity contribution in [3.63, 3.8) is 0 Å². The molecule has 3 heteroatoms. The van der Waals surface area contributed by atoms with Gasteiger partial charge >= 0.3 is 0 Å². The summed E-state index contributed by atoms with van der Waals surface area (Å²) in [4.78, 5) is 0. The van der Waals surface area contributed by atoms with E-state index in [-0.39, 0.29) is 0 Å². The molecule has 0 spiro atoms. The van der Waals surface area contributed by atoms with E-state index in [1.165, 1.54) is 6.42 Å². The first-order valence-corrected chi connectivity index (χ1v) is 4.73. The Hall–Kier alpha value is -0.960. The molecule has 0 aliphatic carbocycles. The average Bonchev–Trinajstić information content (AvgIpc) is 2.45. The van der Waals surface area contributed by atoms with Crippen LogP contribution in [-0.4, -0.2) is 6.54 Å². The fourth-order valence-electron chi connectivity index (χ4n) is 1.09. The maximum Gasteiger partial charge on any atom is 0.190 e. The molecule has 0 saturated heterocycles. The largest absolute Gasteiger partial charge is 0.445 e. The minimum Gasteiger partial charge on any atom is -0.445 e. The first-order chi connectivity index (χ1) is 6.18. The van der Waals surface area contributed by atoms with E-state index in [4.69, 9.17) is 10.2 Å². The third-order valence-corrected chi connectivity index (χ3v) is 1.88. The van der Waals surface area contributed by atoms with Gasteiger partial charge in [0, 0.05) is 6.07 Å². The second-order valence-corrected chi connectivity index (χ2v) is 3.66. The van der Waals surface area contributed by atoms with Crippen LogP contribution in [0.2, 0.25) is 0 Å². The molecule has 0 amide bonds. The number of nitrogen functional groups attached to an aromatic ring is 1. The van der Waals surface area contributed by atoms with Gasteiger partial charge in [0.15, 0.2) is 5.88 Å². The standard InChI is InChI=1S/C10H18N2O/c1-8(2)5-6-12-7-9-3-4-10(11)13-9/h3-4,8,12H,5-7,11H2,1-2H3. The van der Waals surface area contributed by atoms with Crippen molar-refractivity contribution < 1.29 is 4.42 Å². The van der Waals surface area contributed by atoms with Gasteiger partial charge < -0.3 is 15.5 Å². The lowest BCUT2D eigenvalue weighted by Crippen LogP contribution is -2.15. The minimum absolute atomic E-state index is 0.487. The van der Waals surface area contributed by atoms with E-state index in [9.17, 15) is 0 Å². The predicted octanol–water partition coefficient (Wildman–Crippen LogP) is 2.00. The van der Waals surface area contributed by atoms with Crippen molar-refractivity contribution in [3.8, 4) is 0 Å². The van der Waals surface area contributed by atoms with Gasteiger partial charge in [-0.25, -0.2) is 0 Å². The first-order valence-electron chi connectivity index (χ1n) is 4.73. The van der Waals surface area contributed by atoms with E-state index in [1.54, 1.807) is 6.07 Å². The zero-order chi connectivity index (χ0) is 9.68. The molecule has 0 aliphatic rings. The highest BCUT2D eigenvalue weighted by Crippen LogP contribution is 2.08. The van der Waals surface area contributed by atoms with Crippen molar-refractivity contribution in [3.05, 3.63) is 17.9 Å². The summed E-state index contributed by atoms with van der Waals surface area (Å²) in [6, 6.07) is 3.68. The van der Waals surface area contributed by atoms with Gasteiger partial charge in [0.2, 0.25) is 0 Å². The van der Waals surface area contributed by atoms with E-state index in [0.29, 0.717) is 5.88 Å². The molecule has 3 N–H and O–H groups in total. The maximum atomic E-state index is 5.44. The molecular weight excluding hydrogens is 164 g/mol. The van der Waals surface area contributed by atoms with E-state index < -0.39 is 0 Å². The highest BCUT2D eigenvalue weighted by atomic mass is 16.4. The second-order valence-electron chi connectivity index (χ2n) is 3.66. The third-order valence-electron chi connectivity index (χ3n) is 1.88.